The van der Waals surface area contributed by atoms with Gasteiger partial charge >= 0.3 is 0 Å². The number of rotatable bonds is 5. The normalized spacial score (nSPS) is 17.4. The van der Waals surface area contributed by atoms with Gasteiger partial charge in [-0.3, -0.25) is 9.89 Å². The Morgan fingerprint density at radius 2 is 2.35 bits per heavy atom. The van der Waals surface area contributed by atoms with E-state index in [9.17, 15) is 10.1 Å². The number of H-pyrrole nitrogens is 1. The number of ether oxygens (including phenoxy) is 1. The third-order valence-electron chi connectivity index (χ3n) is 3.84. The lowest BCUT2D eigenvalue weighted by Crippen LogP contribution is -2.44. The van der Waals surface area contributed by atoms with Gasteiger partial charge in [-0.15, -0.1) is 0 Å². The summed E-state index contributed by atoms with van der Waals surface area (Å²) in [4.78, 5) is 12.2. The van der Waals surface area contributed by atoms with Crippen molar-refractivity contribution in [3.05, 3.63) is 17.5 Å². The van der Waals surface area contributed by atoms with Crippen LogP contribution in [0.1, 0.15) is 30.5 Å². The molecule has 108 valence electrons. The Morgan fingerprint density at radius 1 is 1.60 bits per heavy atom. The molecule has 2 heterocycles. The van der Waals surface area contributed by atoms with Crippen LogP contribution < -0.4 is 5.32 Å². The molecule has 1 aromatic rings. The van der Waals surface area contributed by atoms with E-state index >= 15 is 0 Å². The van der Waals surface area contributed by atoms with Gasteiger partial charge in [-0.05, 0) is 38.2 Å². The van der Waals surface area contributed by atoms with Crippen molar-refractivity contribution in [3.8, 4) is 6.07 Å². The number of carbonyl (C=O) groups excluding carboxylic acids is 1. The number of hydrogen-bond donors (Lipinski definition) is 2. The van der Waals surface area contributed by atoms with Crippen molar-refractivity contribution < 1.29 is 9.53 Å². The highest BCUT2D eigenvalue weighted by molar-refractivity contribution is 5.85. The van der Waals surface area contributed by atoms with E-state index in [1.165, 1.54) is 5.56 Å². The van der Waals surface area contributed by atoms with Gasteiger partial charge in [0.25, 0.3) is 0 Å². The molecule has 1 aliphatic heterocycles. The van der Waals surface area contributed by atoms with Crippen LogP contribution in [-0.2, 0) is 16.0 Å². The van der Waals surface area contributed by atoms with Gasteiger partial charge in [-0.1, -0.05) is 0 Å². The van der Waals surface area contributed by atoms with E-state index in [0.29, 0.717) is 32.6 Å². The monoisotopic (exact) mass is 276 g/mol. The fourth-order valence-corrected chi connectivity index (χ4v) is 2.39. The number of nitrogens with zero attached hydrogens (tertiary/aromatic N) is 2. The van der Waals surface area contributed by atoms with Crippen molar-refractivity contribution in [2.24, 2.45) is 5.41 Å². The zero-order chi connectivity index (χ0) is 14.4. The van der Waals surface area contributed by atoms with E-state index in [1.807, 2.05) is 13.1 Å². The lowest BCUT2D eigenvalue weighted by molar-refractivity contribution is -0.132. The molecular weight excluding hydrogens is 256 g/mol. The van der Waals surface area contributed by atoms with Crippen LogP contribution in [0.15, 0.2) is 6.20 Å². The second-order valence-electron chi connectivity index (χ2n) is 5.19. The average molecular weight is 276 g/mol. The first-order valence-corrected chi connectivity index (χ1v) is 6.94. The fraction of sp³-hybridized carbons (Fsp3) is 0.643. The van der Waals surface area contributed by atoms with Gasteiger partial charge in [0, 0.05) is 25.5 Å². The molecule has 2 rings (SSSR count). The summed E-state index contributed by atoms with van der Waals surface area (Å²) in [6, 6.07) is 2.17. The first-order chi connectivity index (χ1) is 9.68. The molecule has 1 saturated heterocycles. The van der Waals surface area contributed by atoms with Crippen molar-refractivity contribution in [2.45, 2.75) is 32.6 Å². The number of aromatic amines is 1. The van der Waals surface area contributed by atoms with Crippen LogP contribution in [0.3, 0.4) is 0 Å². The molecule has 0 unspecified atom stereocenters. The largest absolute Gasteiger partial charge is 0.381 e. The zero-order valence-corrected chi connectivity index (χ0v) is 11.7. The maximum Gasteiger partial charge on any atom is 0.240 e. The van der Waals surface area contributed by atoms with Crippen molar-refractivity contribution in [1.29, 1.82) is 5.26 Å². The zero-order valence-electron chi connectivity index (χ0n) is 11.7. The van der Waals surface area contributed by atoms with Crippen LogP contribution in [-0.4, -0.2) is 35.9 Å². The van der Waals surface area contributed by atoms with Gasteiger partial charge < -0.3 is 10.1 Å². The molecule has 2 N–H and O–H groups in total. The summed E-state index contributed by atoms with van der Waals surface area (Å²) in [5.74, 6) is -0.160. The summed E-state index contributed by atoms with van der Waals surface area (Å²) in [6.07, 6.45) is 4.48. The molecule has 6 nitrogen and oxygen atoms in total. The van der Waals surface area contributed by atoms with Gasteiger partial charge in [0.2, 0.25) is 5.91 Å². The molecule has 1 fully saturated rings. The molecule has 1 aromatic heterocycles. The number of aromatic nitrogens is 2. The number of carbonyl (C=O) groups is 1. The Labute approximate surface area is 118 Å². The highest BCUT2D eigenvalue weighted by Gasteiger charge is 2.40. The lowest BCUT2D eigenvalue weighted by Gasteiger charge is -2.29. The topological polar surface area (TPSA) is 90.8 Å². The summed E-state index contributed by atoms with van der Waals surface area (Å²) in [5, 5.41) is 19.0. The minimum Gasteiger partial charge on any atom is -0.381 e. The highest BCUT2D eigenvalue weighted by Crippen LogP contribution is 2.29. The molecule has 1 amide bonds. The smallest absolute Gasteiger partial charge is 0.240 e. The van der Waals surface area contributed by atoms with Crippen molar-refractivity contribution >= 4 is 5.91 Å². The number of nitriles is 1. The van der Waals surface area contributed by atoms with Crippen molar-refractivity contribution in [3.63, 3.8) is 0 Å². The Kier molecular flexibility index (Phi) is 4.74. The van der Waals surface area contributed by atoms with Crippen molar-refractivity contribution in [1.82, 2.24) is 15.5 Å². The van der Waals surface area contributed by atoms with Gasteiger partial charge in [-0.2, -0.15) is 10.4 Å². The molecule has 6 heteroatoms. The highest BCUT2D eigenvalue weighted by atomic mass is 16.5. The van der Waals surface area contributed by atoms with Gasteiger partial charge in [0.15, 0.2) is 0 Å². The number of nitrogens with one attached hydrogen (secondary N) is 2. The maximum atomic E-state index is 12.2. The lowest BCUT2D eigenvalue weighted by atomic mass is 9.81. The molecule has 0 bridgehead atoms. The molecule has 0 atom stereocenters. The third-order valence-corrected chi connectivity index (χ3v) is 3.84. The minimum atomic E-state index is -0.899. The van der Waals surface area contributed by atoms with Gasteiger partial charge in [0.1, 0.15) is 5.41 Å². The second-order valence-corrected chi connectivity index (χ2v) is 5.19. The Bertz CT molecular complexity index is 498. The number of aryl methyl sites for hydroxylation is 2. The van der Waals surface area contributed by atoms with Crippen LogP contribution >= 0.6 is 0 Å². The first-order valence-electron chi connectivity index (χ1n) is 6.94. The molecule has 0 radical (unpaired) electrons. The molecule has 20 heavy (non-hydrogen) atoms. The van der Waals surface area contributed by atoms with E-state index in [4.69, 9.17) is 4.74 Å². The van der Waals surface area contributed by atoms with E-state index in [1.54, 1.807) is 0 Å². The van der Waals surface area contributed by atoms with Crippen LogP contribution in [0.5, 0.6) is 0 Å². The molecule has 1 aliphatic rings. The van der Waals surface area contributed by atoms with Crippen LogP contribution in [0, 0.1) is 23.7 Å². The van der Waals surface area contributed by atoms with E-state index in [2.05, 4.69) is 21.6 Å². The summed E-state index contributed by atoms with van der Waals surface area (Å²) in [7, 11) is 0. The molecule has 0 spiro atoms. The first kappa shape index (κ1) is 14.5. The Morgan fingerprint density at radius 3 is 2.95 bits per heavy atom. The van der Waals surface area contributed by atoms with Crippen molar-refractivity contribution in [2.75, 3.05) is 19.8 Å². The van der Waals surface area contributed by atoms with E-state index in [0.717, 1.165) is 18.5 Å². The maximum absolute atomic E-state index is 12.2. The van der Waals surface area contributed by atoms with Crippen LogP contribution in [0.4, 0.5) is 0 Å². The summed E-state index contributed by atoms with van der Waals surface area (Å²) in [5.41, 5.74) is 1.33. The fourth-order valence-electron chi connectivity index (χ4n) is 2.39. The number of amides is 1. The summed E-state index contributed by atoms with van der Waals surface area (Å²) < 4.78 is 5.22. The van der Waals surface area contributed by atoms with Crippen LogP contribution in [0.2, 0.25) is 0 Å². The van der Waals surface area contributed by atoms with Gasteiger partial charge in [0.05, 0.1) is 12.3 Å². The molecule has 0 aliphatic carbocycles. The van der Waals surface area contributed by atoms with Gasteiger partial charge in [-0.25, -0.2) is 0 Å². The number of hydrogen-bond acceptors (Lipinski definition) is 4. The summed E-state index contributed by atoms with van der Waals surface area (Å²) >= 11 is 0. The summed E-state index contributed by atoms with van der Waals surface area (Å²) in [6.45, 7) is 3.52. The predicted molar refractivity (Wildman–Crippen MR) is 72.8 cm³/mol. The molecule has 0 saturated carbocycles. The quantitative estimate of drug-likeness (QED) is 0.787. The van der Waals surface area contributed by atoms with E-state index < -0.39 is 5.41 Å². The third kappa shape index (κ3) is 3.17. The standard InChI is InChI=1S/C14H20N4O2/c1-11-12(9-17-18-11)3-2-6-16-13(19)14(10-15)4-7-20-8-5-14/h9H,2-8H2,1H3,(H,16,19)(H,17,18). The van der Waals surface area contributed by atoms with E-state index in [-0.39, 0.29) is 5.91 Å². The predicted octanol–water partition coefficient (Wildman–Crippen LogP) is 1.09. The second kappa shape index (κ2) is 6.53. The van der Waals surface area contributed by atoms with Crippen LogP contribution in [0.25, 0.3) is 0 Å². The average Bonchev–Trinajstić information content (AvgIpc) is 2.89. The molecular formula is C14H20N4O2. The Balaban J connectivity index is 1.77. The molecule has 0 aromatic carbocycles. The minimum absolute atomic E-state index is 0.160. The Hall–Kier alpha value is -1.87. The SMILES string of the molecule is Cc1[nH]ncc1CCCNC(=O)C1(C#N)CCOCC1.